The SMILES string of the molecule is CC/C=C\C/C=C\C/C=C\C/C=C\C/C=C\CCCCCCCCCCCCCCCCCC(=O)OCC(COC(=O)CCCCCCC/C=C\CCCCCCCCC)OC(=O)CCCCCCCCCCCCCCCCCCCC. The number of allylic oxidation sites excluding steroid dienone is 12. The first-order valence-electron chi connectivity index (χ1n) is 36.4. The number of rotatable bonds is 67. The maximum atomic E-state index is 13.0. The van der Waals surface area contributed by atoms with Gasteiger partial charge in [0.2, 0.25) is 0 Å². The van der Waals surface area contributed by atoms with Gasteiger partial charge in [-0.25, -0.2) is 0 Å². The van der Waals surface area contributed by atoms with E-state index in [0.29, 0.717) is 19.3 Å². The van der Waals surface area contributed by atoms with Crippen LogP contribution in [0.15, 0.2) is 72.9 Å². The summed E-state index contributed by atoms with van der Waals surface area (Å²) in [4.78, 5) is 38.5. The Morgan fingerprint density at radius 3 is 0.747 bits per heavy atom. The fraction of sp³-hybridized carbons (Fsp3) is 0.805. The van der Waals surface area contributed by atoms with Crippen molar-refractivity contribution >= 4 is 17.9 Å². The lowest BCUT2D eigenvalue weighted by Crippen LogP contribution is -2.30. The molecule has 0 rings (SSSR count). The lowest BCUT2D eigenvalue weighted by atomic mass is 10.0. The van der Waals surface area contributed by atoms with Crippen LogP contribution in [0, 0.1) is 0 Å². The third kappa shape index (κ3) is 69.5. The van der Waals surface area contributed by atoms with Crippen molar-refractivity contribution < 1.29 is 28.6 Å². The molecule has 0 saturated carbocycles. The fourth-order valence-corrected chi connectivity index (χ4v) is 10.8. The first kappa shape index (κ1) is 79.8. The van der Waals surface area contributed by atoms with E-state index in [2.05, 4.69) is 93.7 Å². The summed E-state index contributed by atoms with van der Waals surface area (Å²) in [6.07, 6.45) is 93.6. The second kappa shape index (κ2) is 71.3. The average Bonchev–Trinajstić information content (AvgIpc) is 3.49. The zero-order valence-corrected chi connectivity index (χ0v) is 55.5. The van der Waals surface area contributed by atoms with Gasteiger partial charge in [0.05, 0.1) is 0 Å². The van der Waals surface area contributed by atoms with Crippen molar-refractivity contribution in [3.8, 4) is 0 Å². The van der Waals surface area contributed by atoms with Crippen LogP contribution in [0.25, 0.3) is 0 Å². The number of carbonyl (C=O) groups excluding carboxylic acids is 3. The van der Waals surface area contributed by atoms with Crippen molar-refractivity contribution in [1.82, 2.24) is 0 Å². The number of unbranched alkanes of at least 4 members (excludes halogenated alkanes) is 44. The second-order valence-corrected chi connectivity index (χ2v) is 24.5. The minimum Gasteiger partial charge on any atom is -0.462 e. The summed E-state index contributed by atoms with van der Waals surface area (Å²) < 4.78 is 17.0. The average molecular weight is 1160 g/mol. The maximum Gasteiger partial charge on any atom is 0.306 e. The molecule has 0 aliphatic carbocycles. The van der Waals surface area contributed by atoms with Gasteiger partial charge in [-0.15, -0.1) is 0 Å². The molecule has 0 aliphatic heterocycles. The summed E-state index contributed by atoms with van der Waals surface area (Å²) in [6.45, 7) is 6.58. The smallest absolute Gasteiger partial charge is 0.306 e. The first-order valence-corrected chi connectivity index (χ1v) is 36.4. The number of hydrogen-bond acceptors (Lipinski definition) is 6. The van der Waals surface area contributed by atoms with E-state index in [1.54, 1.807) is 0 Å². The third-order valence-corrected chi connectivity index (χ3v) is 16.2. The van der Waals surface area contributed by atoms with E-state index in [4.69, 9.17) is 14.2 Å². The van der Waals surface area contributed by atoms with Crippen molar-refractivity contribution in [3.05, 3.63) is 72.9 Å². The van der Waals surface area contributed by atoms with E-state index in [1.807, 2.05) is 0 Å². The molecule has 0 radical (unpaired) electrons. The Balaban J connectivity index is 4.23. The highest BCUT2D eigenvalue weighted by Gasteiger charge is 2.19. The van der Waals surface area contributed by atoms with Gasteiger partial charge in [-0.2, -0.15) is 0 Å². The van der Waals surface area contributed by atoms with Crippen LogP contribution in [0.4, 0.5) is 0 Å². The summed E-state index contributed by atoms with van der Waals surface area (Å²) in [5, 5.41) is 0. The Bertz CT molecular complexity index is 1520. The van der Waals surface area contributed by atoms with Crippen LogP contribution in [0.1, 0.15) is 380 Å². The Hall–Kier alpha value is -3.15. The van der Waals surface area contributed by atoms with E-state index in [9.17, 15) is 14.4 Å². The molecule has 0 aromatic rings. The molecular formula is C77H138O6. The Morgan fingerprint density at radius 2 is 0.470 bits per heavy atom. The Morgan fingerprint density at radius 1 is 0.253 bits per heavy atom. The molecule has 482 valence electrons. The van der Waals surface area contributed by atoms with Gasteiger partial charge in [0.1, 0.15) is 13.2 Å². The van der Waals surface area contributed by atoms with E-state index in [-0.39, 0.29) is 31.1 Å². The molecule has 0 aromatic heterocycles. The van der Waals surface area contributed by atoms with Gasteiger partial charge in [-0.1, -0.05) is 344 Å². The molecule has 0 amide bonds. The van der Waals surface area contributed by atoms with Crippen molar-refractivity contribution in [3.63, 3.8) is 0 Å². The predicted molar refractivity (Wildman–Crippen MR) is 362 cm³/mol. The Kier molecular flexibility index (Phi) is 68.6. The number of ether oxygens (including phenoxy) is 3. The largest absolute Gasteiger partial charge is 0.462 e. The van der Waals surface area contributed by atoms with E-state index in [0.717, 1.165) is 96.3 Å². The molecule has 1 atom stereocenters. The van der Waals surface area contributed by atoms with Crippen LogP contribution >= 0.6 is 0 Å². The lowest BCUT2D eigenvalue weighted by Gasteiger charge is -2.18. The van der Waals surface area contributed by atoms with Crippen molar-refractivity contribution in [2.45, 2.75) is 386 Å². The van der Waals surface area contributed by atoms with Crippen LogP contribution in [0.2, 0.25) is 0 Å². The minimum atomic E-state index is -0.777. The van der Waals surface area contributed by atoms with E-state index >= 15 is 0 Å². The van der Waals surface area contributed by atoms with E-state index in [1.165, 1.54) is 244 Å². The zero-order chi connectivity index (χ0) is 59.9. The molecule has 0 aromatic carbocycles. The van der Waals surface area contributed by atoms with Gasteiger partial charge >= 0.3 is 17.9 Å². The van der Waals surface area contributed by atoms with Gasteiger partial charge in [0, 0.05) is 19.3 Å². The monoisotopic (exact) mass is 1160 g/mol. The second-order valence-electron chi connectivity index (χ2n) is 24.5. The predicted octanol–water partition coefficient (Wildman–Crippen LogP) is 25.2. The summed E-state index contributed by atoms with van der Waals surface area (Å²) in [6, 6.07) is 0. The van der Waals surface area contributed by atoms with Crippen molar-refractivity contribution in [2.24, 2.45) is 0 Å². The van der Waals surface area contributed by atoms with Gasteiger partial charge in [0.25, 0.3) is 0 Å². The normalized spacial score (nSPS) is 12.5. The number of esters is 3. The van der Waals surface area contributed by atoms with Crippen LogP contribution in [0.3, 0.4) is 0 Å². The summed E-state index contributed by atoms with van der Waals surface area (Å²) in [5.74, 6) is -0.855. The first-order chi connectivity index (χ1) is 41.0. The van der Waals surface area contributed by atoms with Crippen molar-refractivity contribution in [1.29, 1.82) is 0 Å². The molecule has 6 heteroatoms. The number of hydrogen-bond donors (Lipinski definition) is 0. The van der Waals surface area contributed by atoms with Gasteiger partial charge in [-0.3, -0.25) is 14.4 Å². The lowest BCUT2D eigenvalue weighted by molar-refractivity contribution is -0.167. The fourth-order valence-electron chi connectivity index (χ4n) is 10.8. The Labute approximate surface area is 516 Å². The molecular weight excluding hydrogens is 1020 g/mol. The van der Waals surface area contributed by atoms with E-state index < -0.39 is 6.10 Å². The van der Waals surface area contributed by atoms with Crippen LogP contribution in [0.5, 0.6) is 0 Å². The summed E-state index contributed by atoms with van der Waals surface area (Å²) >= 11 is 0. The summed E-state index contributed by atoms with van der Waals surface area (Å²) in [5.41, 5.74) is 0. The molecule has 0 fully saturated rings. The standard InChI is InChI=1S/C77H138O6/c1-4-7-10-13-16-19-22-25-28-31-33-34-35-36-37-38-39-40-41-42-43-44-45-47-49-52-55-58-61-64-67-70-76(79)82-73-74(72-81-75(78)69-66-63-60-57-54-51-48-30-27-24-21-18-15-12-9-6-3)83-77(80)71-68-65-62-59-56-53-50-46-32-29-26-23-20-17-14-11-8-5-2/h7,10,16,19,25,28,30,33-34,36-37,48,74H,4-6,8-9,11-15,17-18,20-24,26-27,29,31-32,35,38-47,49-73H2,1-3H3/b10-7-,19-16-,28-25-,34-33-,37-36-,48-30-. The molecule has 1 unspecified atom stereocenters. The number of carbonyl (C=O) groups is 3. The molecule has 0 bridgehead atoms. The highest BCUT2D eigenvalue weighted by atomic mass is 16.6. The van der Waals surface area contributed by atoms with Gasteiger partial charge < -0.3 is 14.2 Å². The van der Waals surface area contributed by atoms with Crippen LogP contribution < -0.4 is 0 Å². The van der Waals surface area contributed by atoms with Crippen molar-refractivity contribution in [2.75, 3.05) is 13.2 Å². The molecule has 6 nitrogen and oxygen atoms in total. The minimum absolute atomic E-state index is 0.0725. The molecule has 83 heavy (non-hydrogen) atoms. The highest BCUT2D eigenvalue weighted by Crippen LogP contribution is 2.18. The summed E-state index contributed by atoms with van der Waals surface area (Å²) in [7, 11) is 0. The van der Waals surface area contributed by atoms with Gasteiger partial charge in [-0.05, 0) is 89.9 Å². The zero-order valence-electron chi connectivity index (χ0n) is 55.5. The topological polar surface area (TPSA) is 78.9 Å². The van der Waals surface area contributed by atoms with Crippen LogP contribution in [-0.2, 0) is 28.6 Å². The maximum absolute atomic E-state index is 13.0. The molecule has 0 saturated heterocycles. The highest BCUT2D eigenvalue weighted by molar-refractivity contribution is 5.71. The third-order valence-electron chi connectivity index (χ3n) is 16.2. The quantitative estimate of drug-likeness (QED) is 0.0261. The van der Waals surface area contributed by atoms with Gasteiger partial charge in [0.15, 0.2) is 6.10 Å². The molecule has 0 spiro atoms. The van der Waals surface area contributed by atoms with Crippen LogP contribution in [-0.4, -0.2) is 37.2 Å². The molecule has 0 N–H and O–H groups in total. The molecule has 0 heterocycles. The molecule has 0 aliphatic rings.